The molecular formula is C12H25N3O. The Labute approximate surface area is 98.8 Å². The minimum absolute atomic E-state index is 0.0855. The van der Waals surface area contributed by atoms with Crippen LogP contribution in [0.5, 0.6) is 0 Å². The lowest BCUT2D eigenvalue weighted by Gasteiger charge is -2.24. The van der Waals surface area contributed by atoms with E-state index in [0.717, 1.165) is 19.1 Å². The molecule has 2 N–H and O–H groups in total. The fraction of sp³-hybridized carbons (Fsp3) is 0.917. The van der Waals surface area contributed by atoms with Crippen LogP contribution in [0.2, 0.25) is 0 Å². The largest absolute Gasteiger partial charge is 0.353 e. The van der Waals surface area contributed by atoms with Crippen molar-refractivity contribution in [3.8, 4) is 0 Å². The molecule has 0 radical (unpaired) electrons. The minimum atomic E-state index is -0.100. The van der Waals surface area contributed by atoms with Crippen molar-refractivity contribution in [1.29, 1.82) is 0 Å². The van der Waals surface area contributed by atoms with Gasteiger partial charge in [-0.3, -0.25) is 4.79 Å². The predicted octanol–water partition coefficient (Wildman–Crippen LogP) is 0.585. The molecule has 1 amide bonds. The van der Waals surface area contributed by atoms with Crippen molar-refractivity contribution in [2.45, 2.75) is 44.7 Å². The first-order chi connectivity index (χ1) is 7.65. The van der Waals surface area contributed by atoms with Crippen LogP contribution < -0.4 is 10.6 Å². The van der Waals surface area contributed by atoms with Crippen LogP contribution in [0.25, 0.3) is 0 Å². The van der Waals surface area contributed by atoms with Gasteiger partial charge >= 0.3 is 0 Å². The van der Waals surface area contributed by atoms with Crippen molar-refractivity contribution in [3.63, 3.8) is 0 Å². The zero-order chi connectivity index (χ0) is 12.0. The number of hydrogen-bond donors (Lipinski definition) is 2. The zero-order valence-corrected chi connectivity index (χ0v) is 10.8. The Morgan fingerprint density at radius 2 is 2.06 bits per heavy atom. The molecule has 1 atom stereocenters. The highest BCUT2D eigenvalue weighted by Gasteiger charge is 2.19. The van der Waals surface area contributed by atoms with Gasteiger partial charge in [0.15, 0.2) is 0 Å². The molecule has 1 rings (SSSR count). The maximum Gasteiger partial charge on any atom is 0.236 e. The number of rotatable bonds is 6. The highest BCUT2D eigenvalue weighted by molar-refractivity contribution is 5.81. The van der Waals surface area contributed by atoms with Crippen LogP contribution in [-0.4, -0.2) is 50.1 Å². The summed E-state index contributed by atoms with van der Waals surface area (Å²) in [5.74, 6) is 0.0855. The summed E-state index contributed by atoms with van der Waals surface area (Å²) in [6, 6.07) is 0.635. The molecule has 1 saturated carbocycles. The third-order valence-electron chi connectivity index (χ3n) is 3.54. The SMILES string of the molecule is CNC(C)C(=O)NCCN(C)C1CCCC1. The fourth-order valence-corrected chi connectivity index (χ4v) is 2.17. The highest BCUT2D eigenvalue weighted by Crippen LogP contribution is 2.21. The number of nitrogens with one attached hydrogen (secondary N) is 2. The molecule has 0 aromatic carbocycles. The van der Waals surface area contributed by atoms with E-state index in [2.05, 4.69) is 22.6 Å². The van der Waals surface area contributed by atoms with Crippen molar-refractivity contribution in [2.24, 2.45) is 0 Å². The predicted molar refractivity (Wildman–Crippen MR) is 66.4 cm³/mol. The van der Waals surface area contributed by atoms with Gasteiger partial charge < -0.3 is 15.5 Å². The first kappa shape index (κ1) is 13.5. The molecule has 0 heterocycles. The molecule has 0 bridgehead atoms. The molecule has 0 spiro atoms. The normalized spacial score (nSPS) is 19.0. The standard InChI is InChI=1S/C12H25N3O/c1-10(13-2)12(16)14-8-9-15(3)11-6-4-5-7-11/h10-11,13H,4-9H2,1-3H3,(H,14,16). The van der Waals surface area contributed by atoms with Gasteiger partial charge in [0, 0.05) is 19.1 Å². The van der Waals surface area contributed by atoms with E-state index in [-0.39, 0.29) is 11.9 Å². The lowest BCUT2D eigenvalue weighted by molar-refractivity contribution is -0.122. The first-order valence-corrected chi connectivity index (χ1v) is 6.30. The first-order valence-electron chi connectivity index (χ1n) is 6.30. The number of nitrogens with zero attached hydrogens (tertiary/aromatic N) is 1. The number of amides is 1. The van der Waals surface area contributed by atoms with Gasteiger partial charge in [-0.05, 0) is 33.9 Å². The van der Waals surface area contributed by atoms with Crippen LogP contribution in [0.3, 0.4) is 0 Å². The van der Waals surface area contributed by atoms with Gasteiger partial charge in [-0.15, -0.1) is 0 Å². The monoisotopic (exact) mass is 227 g/mol. The Kier molecular flexibility index (Phi) is 5.77. The number of likely N-dealkylation sites (N-methyl/N-ethyl adjacent to an activating group) is 2. The molecule has 1 aliphatic carbocycles. The summed E-state index contributed by atoms with van der Waals surface area (Å²) < 4.78 is 0. The Morgan fingerprint density at radius 1 is 1.44 bits per heavy atom. The summed E-state index contributed by atoms with van der Waals surface area (Å²) in [7, 11) is 3.96. The van der Waals surface area contributed by atoms with Gasteiger partial charge in [0.25, 0.3) is 0 Å². The van der Waals surface area contributed by atoms with Crippen LogP contribution in [0.1, 0.15) is 32.6 Å². The second-order valence-electron chi connectivity index (χ2n) is 4.72. The van der Waals surface area contributed by atoms with E-state index in [1.54, 1.807) is 7.05 Å². The molecule has 4 heteroatoms. The van der Waals surface area contributed by atoms with E-state index in [1.165, 1.54) is 25.7 Å². The van der Waals surface area contributed by atoms with E-state index < -0.39 is 0 Å². The van der Waals surface area contributed by atoms with Crippen LogP contribution in [0.4, 0.5) is 0 Å². The maximum absolute atomic E-state index is 11.5. The molecule has 1 unspecified atom stereocenters. The second-order valence-corrected chi connectivity index (χ2v) is 4.72. The molecule has 4 nitrogen and oxygen atoms in total. The maximum atomic E-state index is 11.5. The van der Waals surface area contributed by atoms with Gasteiger partial charge in [-0.25, -0.2) is 0 Å². The summed E-state index contributed by atoms with van der Waals surface area (Å²) in [6.45, 7) is 3.57. The molecule has 0 aliphatic heterocycles. The molecule has 0 saturated heterocycles. The molecule has 0 aromatic rings. The van der Waals surface area contributed by atoms with E-state index in [0.29, 0.717) is 0 Å². The Bertz CT molecular complexity index is 214. The van der Waals surface area contributed by atoms with Crippen LogP contribution in [0.15, 0.2) is 0 Å². The minimum Gasteiger partial charge on any atom is -0.353 e. The van der Waals surface area contributed by atoms with Crippen LogP contribution in [0, 0.1) is 0 Å². The van der Waals surface area contributed by atoms with Crippen LogP contribution in [-0.2, 0) is 4.79 Å². The van der Waals surface area contributed by atoms with Gasteiger partial charge in [-0.2, -0.15) is 0 Å². The zero-order valence-electron chi connectivity index (χ0n) is 10.8. The van der Waals surface area contributed by atoms with Crippen molar-refractivity contribution in [3.05, 3.63) is 0 Å². The molecule has 1 aliphatic rings. The highest BCUT2D eigenvalue weighted by atomic mass is 16.2. The van der Waals surface area contributed by atoms with Crippen molar-refractivity contribution >= 4 is 5.91 Å². The second kappa shape index (κ2) is 6.86. The molecule has 0 aromatic heterocycles. The third kappa shape index (κ3) is 4.10. The van der Waals surface area contributed by atoms with Crippen molar-refractivity contribution in [1.82, 2.24) is 15.5 Å². The lowest BCUT2D eigenvalue weighted by atomic mass is 10.2. The fourth-order valence-electron chi connectivity index (χ4n) is 2.17. The van der Waals surface area contributed by atoms with Gasteiger partial charge in [-0.1, -0.05) is 12.8 Å². The number of hydrogen-bond acceptors (Lipinski definition) is 3. The lowest BCUT2D eigenvalue weighted by Crippen LogP contribution is -2.44. The molecule has 16 heavy (non-hydrogen) atoms. The molecular weight excluding hydrogens is 202 g/mol. The van der Waals surface area contributed by atoms with E-state index >= 15 is 0 Å². The van der Waals surface area contributed by atoms with Crippen molar-refractivity contribution in [2.75, 3.05) is 27.2 Å². The summed E-state index contributed by atoms with van der Waals surface area (Å²) in [5.41, 5.74) is 0. The quantitative estimate of drug-likeness (QED) is 0.698. The third-order valence-corrected chi connectivity index (χ3v) is 3.54. The summed E-state index contributed by atoms with van der Waals surface area (Å²) in [6.07, 6.45) is 5.35. The van der Waals surface area contributed by atoms with Gasteiger partial charge in [0.2, 0.25) is 5.91 Å². The Balaban J connectivity index is 2.12. The smallest absolute Gasteiger partial charge is 0.236 e. The molecule has 1 fully saturated rings. The summed E-state index contributed by atoms with van der Waals surface area (Å²) >= 11 is 0. The van der Waals surface area contributed by atoms with E-state index in [9.17, 15) is 4.79 Å². The Morgan fingerprint density at radius 3 is 2.62 bits per heavy atom. The van der Waals surface area contributed by atoms with Gasteiger partial charge in [0.1, 0.15) is 0 Å². The number of carbonyl (C=O) groups excluding carboxylic acids is 1. The average Bonchev–Trinajstić information content (AvgIpc) is 2.81. The van der Waals surface area contributed by atoms with Crippen molar-refractivity contribution < 1.29 is 4.79 Å². The molecule has 94 valence electrons. The van der Waals surface area contributed by atoms with E-state index in [4.69, 9.17) is 0 Å². The number of carbonyl (C=O) groups is 1. The van der Waals surface area contributed by atoms with E-state index in [1.807, 2.05) is 6.92 Å². The summed E-state index contributed by atoms with van der Waals surface area (Å²) in [5, 5.41) is 5.88. The Hall–Kier alpha value is -0.610. The topological polar surface area (TPSA) is 44.4 Å². The van der Waals surface area contributed by atoms with Crippen LogP contribution >= 0.6 is 0 Å². The summed E-state index contributed by atoms with van der Waals surface area (Å²) in [4.78, 5) is 13.9. The van der Waals surface area contributed by atoms with Gasteiger partial charge in [0.05, 0.1) is 6.04 Å². The average molecular weight is 227 g/mol.